The third-order valence-electron chi connectivity index (χ3n) is 2.97. The van der Waals surface area contributed by atoms with Crippen molar-refractivity contribution in [2.24, 2.45) is 0 Å². The van der Waals surface area contributed by atoms with E-state index in [2.05, 4.69) is 24.1 Å². The molecule has 2 nitrogen and oxygen atoms in total. The molecule has 0 aromatic rings. The zero-order valence-corrected chi connectivity index (χ0v) is 11.6. The van der Waals surface area contributed by atoms with Gasteiger partial charge in [-0.3, -0.25) is 0 Å². The molecule has 0 aliphatic carbocycles. The molecule has 3 heteroatoms. The first-order valence-electron chi connectivity index (χ1n) is 4.65. The molecule has 1 spiro atoms. The van der Waals surface area contributed by atoms with Crippen LogP contribution in [0.4, 0.5) is 0 Å². The fourth-order valence-corrected chi connectivity index (χ4v) is 2.14. The molecule has 2 heterocycles. The van der Waals surface area contributed by atoms with Crippen molar-refractivity contribution in [1.29, 1.82) is 0 Å². The molecule has 2 aliphatic rings. The van der Waals surface area contributed by atoms with Gasteiger partial charge < -0.3 is 10.2 Å². The van der Waals surface area contributed by atoms with Crippen molar-refractivity contribution in [3.05, 3.63) is 5.32 Å². The largest absolute Gasteiger partial charge is 1.00 e. The minimum absolute atomic E-state index is 0. The summed E-state index contributed by atoms with van der Waals surface area (Å²) in [6.45, 7) is 8.10. The van der Waals surface area contributed by atoms with Gasteiger partial charge >= 0.3 is 51.4 Å². The van der Waals surface area contributed by atoms with Crippen LogP contribution in [0.3, 0.4) is 0 Å². The summed E-state index contributed by atoms with van der Waals surface area (Å²) in [6.07, 6.45) is 2.67. The fraction of sp³-hybridized carbons (Fsp3) is 1.00. The Labute approximate surface area is 118 Å². The van der Waals surface area contributed by atoms with E-state index in [1.54, 1.807) is 0 Å². The zero-order chi connectivity index (χ0) is 7.90. The van der Waals surface area contributed by atoms with Crippen molar-refractivity contribution in [3.8, 4) is 0 Å². The van der Waals surface area contributed by atoms with Crippen LogP contribution in [0, 0.1) is 0 Å². The van der Waals surface area contributed by atoms with Gasteiger partial charge in [0, 0.05) is 6.04 Å². The maximum atomic E-state index is 4.66. The summed E-state index contributed by atoms with van der Waals surface area (Å²) in [4.78, 5) is 2.51. The molecule has 0 unspecified atom stereocenters. The number of nitrogens with zero attached hydrogens (tertiary/aromatic N) is 2. The summed E-state index contributed by atoms with van der Waals surface area (Å²) in [7, 11) is 0. The van der Waals surface area contributed by atoms with Crippen molar-refractivity contribution in [1.82, 2.24) is 4.90 Å². The molecule has 0 aromatic carbocycles. The molecule has 64 valence electrons. The summed E-state index contributed by atoms with van der Waals surface area (Å²) >= 11 is 0. The predicted octanol–water partition coefficient (Wildman–Crippen LogP) is -1.38. The van der Waals surface area contributed by atoms with Crippen molar-refractivity contribution < 1.29 is 51.4 Å². The molecule has 0 atom stereocenters. The van der Waals surface area contributed by atoms with Gasteiger partial charge in [0.2, 0.25) is 0 Å². The smallest absolute Gasteiger partial charge is 0.655 e. The monoisotopic (exact) mass is 192 g/mol. The number of rotatable bonds is 1. The molecule has 2 aliphatic heterocycles. The molecule has 0 N–H and O–H groups in total. The van der Waals surface area contributed by atoms with Crippen LogP contribution in [0.2, 0.25) is 0 Å². The van der Waals surface area contributed by atoms with E-state index in [1.807, 2.05) is 0 Å². The van der Waals surface area contributed by atoms with Crippen LogP contribution < -0.4 is 51.4 Å². The number of hydrogen-bond acceptors (Lipinski definition) is 1. The Kier molecular flexibility index (Phi) is 4.25. The minimum Gasteiger partial charge on any atom is -0.655 e. The van der Waals surface area contributed by atoms with E-state index >= 15 is 0 Å². The molecule has 2 fully saturated rings. The van der Waals surface area contributed by atoms with E-state index in [0.29, 0.717) is 5.54 Å². The molecule has 12 heavy (non-hydrogen) atoms. The second-order valence-electron chi connectivity index (χ2n) is 4.21. The second-order valence-corrected chi connectivity index (χ2v) is 4.21. The standard InChI is InChI=1S/C9H17N2.K/c1-8(2)11-6-9(7-11)4-3-5-10-9;/h8H,3-7H2,1-2H3;/q-1;+1. The Morgan fingerprint density at radius 1 is 1.33 bits per heavy atom. The van der Waals surface area contributed by atoms with Gasteiger partial charge in [-0.15, -0.1) is 6.54 Å². The van der Waals surface area contributed by atoms with Crippen LogP contribution in [0.15, 0.2) is 0 Å². The molecule has 0 bridgehead atoms. The third-order valence-corrected chi connectivity index (χ3v) is 2.97. The number of likely N-dealkylation sites (tertiary alicyclic amines) is 1. The second kappa shape index (κ2) is 4.38. The van der Waals surface area contributed by atoms with Crippen LogP contribution >= 0.6 is 0 Å². The van der Waals surface area contributed by atoms with Crippen molar-refractivity contribution in [2.75, 3.05) is 19.6 Å². The van der Waals surface area contributed by atoms with Crippen LogP contribution in [0.5, 0.6) is 0 Å². The van der Waals surface area contributed by atoms with Crippen molar-refractivity contribution >= 4 is 0 Å². The average Bonchev–Trinajstić information content (AvgIpc) is 2.29. The van der Waals surface area contributed by atoms with Crippen molar-refractivity contribution in [3.63, 3.8) is 0 Å². The SMILES string of the molecule is CC(C)N1CC2(CCC[N-]2)C1.[K+]. The van der Waals surface area contributed by atoms with E-state index in [0.717, 1.165) is 12.6 Å². The third kappa shape index (κ3) is 2.14. The van der Waals surface area contributed by atoms with Gasteiger partial charge in [-0.25, -0.2) is 0 Å². The van der Waals surface area contributed by atoms with Gasteiger partial charge in [-0.2, -0.15) is 0 Å². The molecular weight excluding hydrogens is 175 g/mol. The summed E-state index contributed by atoms with van der Waals surface area (Å²) in [6, 6.07) is 0.719. The predicted molar refractivity (Wildman–Crippen MR) is 46.9 cm³/mol. The first-order chi connectivity index (χ1) is 5.22. The van der Waals surface area contributed by atoms with Gasteiger partial charge in [-0.1, -0.05) is 18.4 Å². The van der Waals surface area contributed by atoms with Gasteiger partial charge in [0.15, 0.2) is 0 Å². The Bertz CT molecular complexity index is 145. The topological polar surface area (TPSA) is 17.3 Å². The van der Waals surface area contributed by atoms with Crippen LogP contribution in [-0.2, 0) is 0 Å². The maximum Gasteiger partial charge on any atom is 1.00 e. The molecule has 0 aromatic heterocycles. The van der Waals surface area contributed by atoms with Crippen molar-refractivity contribution in [2.45, 2.75) is 38.3 Å². The zero-order valence-electron chi connectivity index (χ0n) is 8.51. The Morgan fingerprint density at radius 3 is 2.42 bits per heavy atom. The van der Waals surface area contributed by atoms with E-state index in [1.165, 1.54) is 25.9 Å². The Morgan fingerprint density at radius 2 is 2.00 bits per heavy atom. The Hall–Kier alpha value is 1.56. The Balaban J connectivity index is 0.000000720. The summed E-state index contributed by atoms with van der Waals surface area (Å²) in [5, 5.41) is 4.66. The fourth-order valence-electron chi connectivity index (χ4n) is 2.14. The van der Waals surface area contributed by atoms with E-state index < -0.39 is 0 Å². The van der Waals surface area contributed by atoms with E-state index in [-0.39, 0.29) is 51.4 Å². The summed E-state index contributed by atoms with van der Waals surface area (Å²) in [5.41, 5.74) is 0.421. The quantitative estimate of drug-likeness (QED) is 0.468. The molecule has 0 amide bonds. The van der Waals surface area contributed by atoms with Crippen LogP contribution in [0.25, 0.3) is 5.32 Å². The first kappa shape index (κ1) is 11.6. The maximum absolute atomic E-state index is 4.66. The van der Waals surface area contributed by atoms with E-state index in [4.69, 9.17) is 0 Å². The first-order valence-corrected chi connectivity index (χ1v) is 4.65. The summed E-state index contributed by atoms with van der Waals surface area (Å²) < 4.78 is 0. The van der Waals surface area contributed by atoms with E-state index in [9.17, 15) is 0 Å². The molecule has 0 saturated carbocycles. The van der Waals surface area contributed by atoms with Gasteiger partial charge in [-0.05, 0) is 26.9 Å². The molecular formula is C9H17KN2. The van der Waals surface area contributed by atoms with Crippen LogP contribution in [-0.4, -0.2) is 36.1 Å². The van der Waals surface area contributed by atoms with Gasteiger partial charge in [0.25, 0.3) is 0 Å². The normalized spacial score (nSPS) is 27.2. The minimum atomic E-state index is 0. The average molecular weight is 192 g/mol. The number of hydrogen-bond donors (Lipinski definition) is 0. The van der Waals surface area contributed by atoms with Gasteiger partial charge in [0.1, 0.15) is 0 Å². The molecule has 2 rings (SSSR count). The molecule has 0 radical (unpaired) electrons. The molecule has 2 saturated heterocycles. The summed E-state index contributed by atoms with van der Waals surface area (Å²) in [5.74, 6) is 0. The van der Waals surface area contributed by atoms with Crippen LogP contribution in [0.1, 0.15) is 26.7 Å². The van der Waals surface area contributed by atoms with Gasteiger partial charge in [0.05, 0.1) is 0 Å².